The van der Waals surface area contributed by atoms with E-state index < -0.39 is 5.60 Å². The molecule has 1 saturated heterocycles. The SMILES string of the molecule is Cc1cncc(NC(C)C2CCCN(C(=O)OC(C)(C)C)C2)c1. The number of ether oxygens (including phenoxy) is 1. The van der Waals surface area contributed by atoms with Gasteiger partial charge in [0.1, 0.15) is 5.60 Å². The van der Waals surface area contributed by atoms with Crippen molar-refractivity contribution in [3.8, 4) is 0 Å². The van der Waals surface area contributed by atoms with Gasteiger partial charge in [-0.25, -0.2) is 4.79 Å². The first kappa shape index (κ1) is 17.6. The normalized spacial score (nSPS) is 20.0. The van der Waals surface area contributed by atoms with Gasteiger partial charge in [0.05, 0.1) is 5.69 Å². The molecule has 5 nitrogen and oxygen atoms in total. The number of anilines is 1. The molecule has 2 heterocycles. The summed E-state index contributed by atoms with van der Waals surface area (Å²) in [5, 5.41) is 3.52. The number of pyridine rings is 1. The van der Waals surface area contributed by atoms with Gasteiger partial charge in [0.2, 0.25) is 0 Å². The van der Waals surface area contributed by atoms with Crippen LogP contribution in [0.3, 0.4) is 0 Å². The van der Waals surface area contributed by atoms with Crippen LogP contribution in [0.5, 0.6) is 0 Å². The maximum Gasteiger partial charge on any atom is 0.410 e. The van der Waals surface area contributed by atoms with Crippen LogP contribution in [0.2, 0.25) is 0 Å². The van der Waals surface area contributed by atoms with Crippen molar-refractivity contribution in [2.24, 2.45) is 5.92 Å². The number of rotatable bonds is 3. The van der Waals surface area contributed by atoms with Crippen molar-refractivity contribution in [2.45, 2.75) is 59.1 Å². The van der Waals surface area contributed by atoms with Crippen molar-refractivity contribution in [2.75, 3.05) is 18.4 Å². The molecule has 0 aromatic carbocycles. The summed E-state index contributed by atoms with van der Waals surface area (Å²) in [6.07, 6.45) is 5.62. The zero-order valence-electron chi connectivity index (χ0n) is 14.9. The van der Waals surface area contributed by atoms with E-state index in [1.807, 2.05) is 45.0 Å². The van der Waals surface area contributed by atoms with E-state index in [0.717, 1.165) is 37.2 Å². The van der Waals surface area contributed by atoms with Crippen molar-refractivity contribution >= 4 is 11.8 Å². The molecule has 1 N–H and O–H groups in total. The van der Waals surface area contributed by atoms with Gasteiger partial charge < -0.3 is 15.0 Å². The Morgan fingerprint density at radius 1 is 1.43 bits per heavy atom. The molecule has 2 unspecified atom stereocenters. The van der Waals surface area contributed by atoms with Gasteiger partial charge in [0.25, 0.3) is 0 Å². The van der Waals surface area contributed by atoms with Crippen molar-refractivity contribution < 1.29 is 9.53 Å². The predicted octanol–water partition coefficient (Wildman–Crippen LogP) is 3.84. The molecule has 0 saturated carbocycles. The van der Waals surface area contributed by atoms with Crippen LogP contribution in [0.1, 0.15) is 46.1 Å². The molecule has 2 atom stereocenters. The zero-order valence-corrected chi connectivity index (χ0v) is 14.9. The summed E-state index contributed by atoms with van der Waals surface area (Å²) in [4.78, 5) is 18.3. The van der Waals surface area contributed by atoms with Gasteiger partial charge in [0.15, 0.2) is 0 Å². The summed E-state index contributed by atoms with van der Waals surface area (Å²) in [6, 6.07) is 2.38. The number of aromatic nitrogens is 1. The minimum atomic E-state index is -0.443. The van der Waals surface area contributed by atoms with Crippen LogP contribution < -0.4 is 5.32 Å². The van der Waals surface area contributed by atoms with E-state index in [2.05, 4.69) is 23.3 Å². The number of carbonyl (C=O) groups excluding carboxylic acids is 1. The van der Waals surface area contributed by atoms with Crippen molar-refractivity contribution in [3.63, 3.8) is 0 Å². The smallest absolute Gasteiger partial charge is 0.410 e. The number of aryl methyl sites for hydroxylation is 1. The predicted molar refractivity (Wildman–Crippen MR) is 92.6 cm³/mol. The quantitative estimate of drug-likeness (QED) is 0.920. The summed E-state index contributed by atoms with van der Waals surface area (Å²) in [5.41, 5.74) is 1.73. The largest absolute Gasteiger partial charge is 0.444 e. The molecule has 0 spiro atoms. The van der Waals surface area contributed by atoms with E-state index in [0.29, 0.717) is 5.92 Å². The highest BCUT2D eigenvalue weighted by Crippen LogP contribution is 2.24. The number of likely N-dealkylation sites (tertiary alicyclic amines) is 1. The Labute approximate surface area is 139 Å². The number of carbonyl (C=O) groups is 1. The molecule has 0 radical (unpaired) electrons. The van der Waals surface area contributed by atoms with Crippen LogP contribution in [0.4, 0.5) is 10.5 Å². The topological polar surface area (TPSA) is 54.5 Å². The molecule has 128 valence electrons. The van der Waals surface area contributed by atoms with Gasteiger partial charge in [0, 0.05) is 31.5 Å². The van der Waals surface area contributed by atoms with E-state index >= 15 is 0 Å². The van der Waals surface area contributed by atoms with Crippen molar-refractivity contribution in [3.05, 3.63) is 24.0 Å². The number of nitrogens with zero attached hydrogens (tertiary/aromatic N) is 2. The minimum Gasteiger partial charge on any atom is -0.444 e. The fourth-order valence-corrected chi connectivity index (χ4v) is 2.93. The maximum absolute atomic E-state index is 12.3. The molecule has 1 aromatic heterocycles. The molecule has 23 heavy (non-hydrogen) atoms. The van der Waals surface area contributed by atoms with Gasteiger partial charge in [-0.2, -0.15) is 0 Å². The second-order valence-electron chi connectivity index (χ2n) is 7.51. The summed E-state index contributed by atoms with van der Waals surface area (Å²) in [6.45, 7) is 11.4. The van der Waals surface area contributed by atoms with Gasteiger partial charge in [-0.15, -0.1) is 0 Å². The molecule has 0 aliphatic carbocycles. The number of hydrogen-bond acceptors (Lipinski definition) is 4. The molecular weight excluding hydrogens is 290 g/mol. The lowest BCUT2D eigenvalue weighted by atomic mass is 9.91. The Bertz CT molecular complexity index is 539. The van der Waals surface area contributed by atoms with E-state index in [4.69, 9.17) is 4.74 Å². The van der Waals surface area contributed by atoms with E-state index in [-0.39, 0.29) is 12.1 Å². The molecule has 1 aliphatic rings. The molecular formula is C18H29N3O2. The number of hydrogen-bond donors (Lipinski definition) is 1. The van der Waals surface area contributed by atoms with Crippen LogP contribution in [-0.4, -0.2) is 40.7 Å². The zero-order chi connectivity index (χ0) is 17.0. The monoisotopic (exact) mass is 319 g/mol. The summed E-state index contributed by atoms with van der Waals surface area (Å²) in [7, 11) is 0. The average Bonchev–Trinajstić information content (AvgIpc) is 2.45. The summed E-state index contributed by atoms with van der Waals surface area (Å²) >= 11 is 0. The molecule has 0 bridgehead atoms. The maximum atomic E-state index is 12.3. The third-order valence-corrected chi connectivity index (χ3v) is 4.09. The first-order valence-electron chi connectivity index (χ1n) is 8.41. The lowest BCUT2D eigenvalue weighted by Crippen LogP contribution is -2.46. The van der Waals surface area contributed by atoms with Gasteiger partial charge in [-0.05, 0) is 65.0 Å². The molecule has 1 aliphatic heterocycles. The second-order valence-corrected chi connectivity index (χ2v) is 7.51. The summed E-state index contributed by atoms with van der Waals surface area (Å²) < 4.78 is 5.50. The second kappa shape index (κ2) is 7.20. The average molecular weight is 319 g/mol. The van der Waals surface area contributed by atoms with E-state index in [1.165, 1.54) is 0 Å². The first-order valence-corrected chi connectivity index (χ1v) is 8.41. The van der Waals surface area contributed by atoms with Crippen LogP contribution >= 0.6 is 0 Å². The Morgan fingerprint density at radius 3 is 2.83 bits per heavy atom. The molecule has 1 amide bonds. The van der Waals surface area contributed by atoms with E-state index in [9.17, 15) is 4.79 Å². The van der Waals surface area contributed by atoms with E-state index in [1.54, 1.807) is 0 Å². The van der Waals surface area contributed by atoms with Gasteiger partial charge >= 0.3 is 6.09 Å². The number of piperidine rings is 1. The molecule has 1 fully saturated rings. The molecule has 2 rings (SSSR count). The minimum absolute atomic E-state index is 0.202. The standard InChI is InChI=1S/C18H29N3O2/c1-13-9-16(11-19-10-13)20-14(2)15-7-6-8-21(12-15)17(22)23-18(3,4)5/h9-11,14-15,20H,6-8,12H2,1-5H3. The Kier molecular flexibility index (Phi) is 5.50. The highest BCUT2D eigenvalue weighted by Gasteiger charge is 2.30. The van der Waals surface area contributed by atoms with Crippen LogP contribution in [-0.2, 0) is 4.74 Å². The highest BCUT2D eigenvalue weighted by atomic mass is 16.6. The first-order chi connectivity index (χ1) is 10.7. The van der Waals surface area contributed by atoms with Crippen molar-refractivity contribution in [1.82, 2.24) is 9.88 Å². The van der Waals surface area contributed by atoms with Gasteiger partial charge in [-0.1, -0.05) is 0 Å². The lowest BCUT2D eigenvalue weighted by Gasteiger charge is -2.37. The van der Waals surface area contributed by atoms with Crippen LogP contribution in [0.25, 0.3) is 0 Å². The number of nitrogens with one attached hydrogen (secondary N) is 1. The van der Waals surface area contributed by atoms with Crippen molar-refractivity contribution in [1.29, 1.82) is 0 Å². The van der Waals surface area contributed by atoms with Crippen LogP contribution in [0, 0.1) is 12.8 Å². The Morgan fingerprint density at radius 2 is 2.17 bits per heavy atom. The highest BCUT2D eigenvalue weighted by molar-refractivity contribution is 5.68. The summed E-state index contributed by atoms with van der Waals surface area (Å²) in [5.74, 6) is 0.414. The third-order valence-electron chi connectivity index (χ3n) is 4.09. The van der Waals surface area contributed by atoms with Crippen LogP contribution in [0.15, 0.2) is 18.5 Å². The Hall–Kier alpha value is -1.78. The number of amides is 1. The third kappa shape index (κ3) is 5.41. The fraction of sp³-hybridized carbons (Fsp3) is 0.667. The fourth-order valence-electron chi connectivity index (χ4n) is 2.93. The Balaban J connectivity index is 1.93. The molecule has 5 heteroatoms. The van der Waals surface area contributed by atoms with Gasteiger partial charge in [-0.3, -0.25) is 4.98 Å². The molecule has 1 aromatic rings. The lowest BCUT2D eigenvalue weighted by molar-refractivity contribution is 0.0159.